The first kappa shape index (κ1) is 16.8. The van der Waals surface area contributed by atoms with Crippen molar-refractivity contribution in [3.05, 3.63) is 33.3 Å². The molecule has 21 heavy (non-hydrogen) atoms. The van der Waals surface area contributed by atoms with Crippen molar-refractivity contribution >= 4 is 28.9 Å². The summed E-state index contributed by atoms with van der Waals surface area (Å²) < 4.78 is 0. The van der Waals surface area contributed by atoms with E-state index in [-0.39, 0.29) is 5.54 Å². The Bertz CT molecular complexity index is 527. The molecule has 0 radical (unpaired) electrons. The first-order chi connectivity index (χ1) is 9.82. The van der Waals surface area contributed by atoms with E-state index in [1.54, 1.807) is 6.07 Å². The molecule has 1 aromatic rings. The number of aliphatic imine (C=N–C) groups is 1. The third-order valence-corrected chi connectivity index (χ3v) is 4.92. The lowest BCUT2D eigenvalue weighted by Gasteiger charge is -2.37. The zero-order valence-electron chi connectivity index (χ0n) is 13.3. The van der Waals surface area contributed by atoms with E-state index in [9.17, 15) is 0 Å². The van der Waals surface area contributed by atoms with Gasteiger partial charge in [-0.1, -0.05) is 30.1 Å². The highest BCUT2D eigenvalue weighted by Crippen LogP contribution is 2.27. The molecule has 4 heteroatoms. The molecule has 0 saturated heterocycles. The van der Waals surface area contributed by atoms with Crippen molar-refractivity contribution in [3.63, 3.8) is 0 Å². The van der Waals surface area contributed by atoms with E-state index in [0.717, 1.165) is 24.0 Å². The topological polar surface area (TPSA) is 24.4 Å². The van der Waals surface area contributed by atoms with Crippen LogP contribution in [0.5, 0.6) is 0 Å². The van der Waals surface area contributed by atoms with Crippen LogP contribution in [0.1, 0.15) is 51.2 Å². The minimum atomic E-state index is 0.166. The molecule has 0 aromatic heterocycles. The highest BCUT2D eigenvalue weighted by atomic mass is 35.5. The summed E-state index contributed by atoms with van der Waals surface area (Å²) in [5.74, 6) is 0. The molecule has 0 spiro atoms. The summed E-state index contributed by atoms with van der Waals surface area (Å²) in [6.45, 7) is 9.36. The lowest BCUT2D eigenvalue weighted by molar-refractivity contribution is 0.333. The molecule has 2 nitrogen and oxygen atoms in total. The Hall–Kier alpha value is -0.570. The van der Waals surface area contributed by atoms with Crippen LogP contribution in [0.25, 0.3) is 0 Å². The minimum Gasteiger partial charge on any atom is -0.304 e. The van der Waals surface area contributed by atoms with Crippen LogP contribution in [-0.2, 0) is 6.54 Å². The van der Waals surface area contributed by atoms with Gasteiger partial charge in [0, 0.05) is 27.3 Å². The fourth-order valence-corrected chi connectivity index (χ4v) is 3.10. The second-order valence-corrected chi connectivity index (χ2v) is 7.31. The zero-order chi connectivity index (χ0) is 15.6. The molecule has 1 aliphatic rings. The SMILES string of the molecule is CCC(C)(C)NC1CCC1=NCc1c(C)cc(Cl)cc1Cl. The van der Waals surface area contributed by atoms with Crippen LogP contribution in [0.4, 0.5) is 0 Å². The maximum Gasteiger partial charge on any atom is 0.0657 e. The molecule has 1 N–H and O–H groups in total. The van der Waals surface area contributed by atoms with Crippen LogP contribution >= 0.6 is 23.2 Å². The number of aryl methyl sites for hydroxylation is 1. The van der Waals surface area contributed by atoms with Crippen LogP contribution in [0.3, 0.4) is 0 Å². The quantitative estimate of drug-likeness (QED) is 0.791. The van der Waals surface area contributed by atoms with Gasteiger partial charge in [-0.25, -0.2) is 0 Å². The summed E-state index contributed by atoms with van der Waals surface area (Å²) in [5.41, 5.74) is 3.62. The normalized spacial score (nSPS) is 20.7. The standard InChI is InChI=1S/C17H24Cl2N2/c1-5-17(3,4)21-16-7-6-15(16)20-10-13-11(2)8-12(18)9-14(13)19/h8-9,16,21H,5-7,10H2,1-4H3. The van der Waals surface area contributed by atoms with Crippen LogP contribution in [0, 0.1) is 6.92 Å². The molecule has 1 saturated carbocycles. The monoisotopic (exact) mass is 326 g/mol. The van der Waals surface area contributed by atoms with Gasteiger partial charge in [0.1, 0.15) is 0 Å². The maximum absolute atomic E-state index is 6.28. The van der Waals surface area contributed by atoms with Crippen molar-refractivity contribution < 1.29 is 0 Å². The molecule has 2 rings (SSSR count). The van der Waals surface area contributed by atoms with Gasteiger partial charge in [-0.2, -0.15) is 0 Å². The Morgan fingerprint density at radius 3 is 2.57 bits per heavy atom. The number of nitrogens with one attached hydrogen (secondary N) is 1. The van der Waals surface area contributed by atoms with E-state index in [2.05, 4.69) is 26.1 Å². The number of nitrogens with zero attached hydrogens (tertiary/aromatic N) is 1. The summed E-state index contributed by atoms with van der Waals surface area (Å²) >= 11 is 12.3. The fourth-order valence-electron chi connectivity index (χ4n) is 2.45. The molecule has 1 atom stereocenters. The predicted molar refractivity (Wildman–Crippen MR) is 92.9 cm³/mol. The first-order valence-electron chi connectivity index (χ1n) is 7.58. The summed E-state index contributed by atoms with van der Waals surface area (Å²) in [5, 5.41) is 5.07. The minimum absolute atomic E-state index is 0.166. The number of halogens is 2. The largest absolute Gasteiger partial charge is 0.304 e. The second kappa shape index (κ2) is 6.68. The van der Waals surface area contributed by atoms with Crippen LogP contribution in [0.15, 0.2) is 17.1 Å². The third kappa shape index (κ3) is 4.21. The van der Waals surface area contributed by atoms with Gasteiger partial charge in [0.2, 0.25) is 0 Å². The van der Waals surface area contributed by atoms with Crippen LogP contribution < -0.4 is 5.32 Å². The van der Waals surface area contributed by atoms with Crippen molar-refractivity contribution in [2.75, 3.05) is 0 Å². The third-order valence-electron chi connectivity index (χ3n) is 4.36. The molecule has 0 bridgehead atoms. The number of benzene rings is 1. The Labute approximate surface area is 137 Å². The summed E-state index contributed by atoms with van der Waals surface area (Å²) in [4.78, 5) is 4.78. The molecular formula is C17H24Cl2N2. The fraction of sp³-hybridized carbons (Fsp3) is 0.588. The maximum atomic E-state index is 6.28. The Morgan fingerprint density at radius 2 is 2.05 bits per heavy atom. The number of hydrogen-bond donors (Lipinski definition) is 1. The molecule has 1 unspecified atom stereocenters. The number of hydrogen-bond acceptors (Lipinski definition) is 2. The van der Waals surface area contributed by atoms with E-state index in [4.69, 9.17) is 28.2 Å². The van der Waals surface area contributed by atoms with Crippen molar-refractivity contribution in [1.29, 1.82) is 0 Å². The molecule has 0 heterocycles. The average Bonchev–Trinajstić information content (AvgIpc) is 2.38. The second-order valence-electron chi connectivity index (χ2n) is 6.46. The molecule has 1 aromatic carbocycles. The summed E-state index contributed by atoms with van der Waals surface area (Å²) in [6, 6.07) is 4.16. The van der Waals surface area contributed by atoms with Crippen molar-refractivity contribution in [2.45, 2.75) is 65.1 Å². The lowest BCUT2D eigenvalue weighted by atomic mass is 9.86. The molecule has 1 aliphatic carbocycles. The van der Waals surface area contributed by atoms with Crippen molar-refractivity contribution in [3.8, 4) is 0 Å². The average molecular weight is 327 g/mol. The molecule has 116 valence electrons. The van der Waals surface area contributed by atoms with Gasteiger partial charge in [-0.05, 0) is 63.3 Å². The highest BCUT2D eigenvalue weighted by Gasteiger charge is 2.30. The molecular weight excluding hydrogens is 303 g/mol. The molecule has 0 aliphatic heterocycles. The zero-order valence-corrected chi connectivity index (χ0v) is 14.8. The van der Waals surface area contributed by atoms with Crippen LogP contribution in [0.2, 0.25) is 10.0 Å². The van der Waals surface area contributed by atoms with Crippen molar-refractivity contribution in [1.82, 2.24) is 5.32 Å². The summed E-state index contributed by atoms with van der Waals surface area (Å²) in [6.07, 6.45) is 3.37. The molecule has 0 amide bonds. The predicted octanol–water partition coefficient (Wildman–Crippen LogP) is 5.18. The van der Waals surface area contributed by atoms with Crippen LogP contribution in [-0.4, -0.2) is 17.3 Å². The van der Waals surface area contributed by atoms with E-state index in [1.165, 1.54) is 12.1 Å². The Kier molecular flexibility index (Phi) is 5.34. The van der Waals surface area contributed by atoms with E-state index in [0.29, 0.717) is 22.6 Å². The van der Waals surface area contributed by atoms with Gasteiger partial charge >= 0.3 is 0 Å². The molecule has 1 fully saturated rings. The smallest absolute Gasteiger partial charge is 0.0657 e. The Balaban J connectivity index is 2.05. The summed E-state index contributed by atoms with van der Waals surface area (Å²) in [7, 11) is 0. The lowest BCUT2D eigenvalue weighted by Crippen LogP contribution is -2.53. The van der Waals surface area contributed by atoms with Gasteiger partial charge in [0.25, 0.3) is 0 Å². The van der Waals surface area contributed by atoms with Gasteiger partial charge in [-0.15, -0.1) is 0 Å². The Morgan fingerprint density at radius 1 is 1.33 bits per heavy atom. The van der Waals surface area contributed by atoms with Gasteiger partial charge in [0.15, 0.2) is 0 Å². The van der Waals surface area contributed by atoms with Gasteiger partial charge < -0.3 is 5.32 Å². The van der Waals surface area contributed by atoms with Gasteiger partial charge in [0.05, 0.1) is 6.54 Å². The van der Waals surface area contributed by atoms with Crippen molar-refractivity contribution in [2.24, 2.45) is 4.99 Å². The number of rotatable bonds is 5. The van der Waals surface area contributed by atoms with E-state index in [1.807, 2.05) is 13.0 Å². The van der Waals surface area contributed by atoms with Gasteiger partial charge in [-0.3, -0.25) is 4.99 Å². The first-order valence-corrected chi connectivity index (χ1v) is 8.33. The van der Waals surface area contributed by atoms with E-state index >= 15 is 0 Å². The van der Waals surface area contributed by atoms with E-state index < -0.39 is 0 Å². The highest BCUT2D eigenvalue weighted by molar-refractivity contribution is 6.35.